The molecule has 0 radical (unpaired) electrons. The second-order valence-corrected chi connectivity index (χ2v) is 4.65. The van der Waals surface area contributed by atoms with Crippen molar-refractivity contribution < 1.29 is 9.15 Å². The maximum atomic E-state index is 12.1. The van der Waals surface area contributed by atoms with Crippen LogP contribution >= 0.6 is 0 Å². The smallest absolute Gasteiger partial charge is 0.422 e. The lowest BCUT2D eigenvalue weighted by atomic mass is 9.99. The molecule has 106 valence electrons. The zero-order valence-electron chi connectivity index (χ0n) is 11.6. The summed E-state index contributed by atoms with van der Waals surface area (Å²) in [5.41, 5.74) is 2.02. The van der Waals surface area contributed by atoms with Gasteiger partial charge in [0.1, 0.15) is 0 Å². The minimum Gasteiger partial charge on any atom is -0.467 e. The molecule has 21 heavy (non-hydrogen) atoms. The quantitative estimate of drug-likeness (QED) is 0.738. The van der Waals surface area contributed by atoms with E-state index in [9.17, 15) is 4.79 Å². The van der Waals surface area contributed by atoms with Crippen molar-refractivity contribution in [2.75, 3.05) is 7.11 Å². The number of aromatic nitrogens is 1. The minimum absolute atomic E-state index is 0.205. The molecule has 3 rings (SSSR count). The molecule has 0 aliphatic rings. The van der Waals surface area contributed by atoms with Crippen molar-refractivity contribution in [3.8, 4) is 5.95 Å². The number of hydrogen-bond acceptors (Lipinski definition) is 3. The van der Waals surface area contributed by atoms with Crippen LogP contribution in [0, 0.1) is 0 Å². The van der Waals surface area contributed by atoms with Crippen molar-refractivity contribution >= 4 is 0 Å². The van der Waals surface area contributed by atoms with Crippen molar-refractivity contribution in [2.45, 2.75) is 6.04 Å². The Morgan fingerprint density at radius 3 is 1.90 bits per heavy atom. The predicted octanol–water partition coefficient (Wildman–Crippen LogP) is 3.09. The lowest BCUT2D eigenvalue weighted by molar-refractivity contribution is 0.293. The first-order valence-electron chi connectivity index (χ1n) is 6.65. The molecule has 3 aromatic rings. The van der Waals surface area contributed by atoms with Crippen molar-refractivity contribution in [2.24, 2.45) is 0 Å². The summed E-state index contributed by atoms with van der Waals surface area (Å²) in [5.74, 6) is -0.235. The van der Waals surface area contributed by atoms with Gasteiger partial charge in [-0.3, -0.25) is 4.57 Å². The van der Waals surface area contributed by atoms with E-state index in [4.69, 9.17) is 9.15 Å². The topological polar surface area (TPSA) is 44.4 Å². The van der Waals surface area contributed by atoms with Crippen LogP contribution in [0.3, 0.4) is 0 Å². The van der Waals surface area contributed by atoms with Gasteiger partial charge >= 0.3 is 11.7 Å². The van der Waals surface area contributed by atoms with Crippen molar-refractivity contribution in [1.82, 2.24) is 4.57 Å². The van der Waals surface area contributed by atoms with Gasteiger partial charge in [-0.2, -0.15) is 0 Å². The number of hydrogen-bond donors (Lipinski definition) is 0. The summed E-state index contributed by atoms with van der Waals surface area (Å²) in [6.45, 7) is 0. The molecule has 0 N–H and O–H groups in total. The van der Waals surface area contributed by atoms with E-state index in [1.807, 2.05) is 60.7 Å². The van der Waals surface area contributed by atoms with E-state index in [0.29, 0.717) is 0 Å². The fourth-order valence-electron chi connectivity index (χ4n) is 2.39. The number of methoxy groups -OCH3 is 1. The molecule has 0 saturated carbocycles. The minimum atomic E-state index is -0.440. The van der Waals surface area contributed by atoms with Crippen LogP contribution < -0.4 is 10.5 Å². The number of benzene rings is 2. The van der Waals surface area contributed by atoms with Crippen LogP contribution in [-0.4, -0.2) is 11.7 Å². The average molecular weight is 281 g/mol. The number of nitrogens with zero attached hydrogens (tertiary/aromatic N) is 1. The summed E-state index contributed by atoms with van der Waals surface area (Å²) in [6, 6.07) is 19.4. The lowest BCUT2D eigenvalue weighted by Crippen LogP contribution is -2.21. The van der Waals surface area contributed by atoms with Gasteiger partial charge in [0.05, 0.1) is 19.3 Å². The van der Waals surface area contributed by atoms with Crippen LogP contribution in [0.4, 0.5) is 0 Å². The summed E-state index contributed by atoms with van der Waals surface area (Å²) < 4.78 is 11.6. The van der Waals surface area contributed by atoms with Gasteiger partial charge in [0.2, 0.25) is 0 Å². The molecule has 4 nitrogen and oxygen atoms in total. The van der Waals surface area contributed by atoms with Crippen LogP contribution in [0.25, 0.3) is 0 Å². The second kappa shape index (κ2) is 5.71. The Hall–Kier alpha value is -2.75. The molecular weight excluding hydrogens is 266 g/mol. The first kappa shape index (κ1) is 13.2. The molecule has 0 bridgehead atoms. The van der Waals surface area contributed by atoms with Gasteiger partial charge in [-0.05, 0) is 11.1 Å². The maximum Gasteiger partial charge on any atom is 0.422 e. The van der Waals surface area contributed by atoms with Gasteiger partial charge in [0.15, 0.2) is 0 Å². The van der Waals surface area contributed by atoms with Crippen LogP contribution in [0.15, 0.2) is 76.1 Å². The molecule has 0 saturated heterocycles. The molecule has 1 aromatic heterocycles. The second-order valence-electron chi connectivity index (χ2n) is 4.65. The zero-order valence-corrected chi connectivity index (χ0v) is 11.6. The summed E-state index contributed by atoms with van der Waals surface area (Å²) in [5, 5.41) is 0. The van der Waals surface area contributed by atoms with E-state index in [-0.39, 0.29) is 12.0 Å². The molecule has 0 atom stereocenters. The zero-order chi connectivity index (χ0) is 14.7. The van der Waals surface area contributed by atoms with Gasteiger partial charge in [-0.1, -0.05) is 60.7 Å². The Labute approximate surface area is 122 Å². The Morgan fingerprint density at radius 2 is 1.48 bits per heavy atom. The fraction of sp³-hybridized carbons (Fsp3) is 0.118. The van der Waals surface area contributed by atoms with E-state index in [1.54, 1.807) is 10.8 Å². The molecule has 0 amide bonds. The monoisotopic (exact) mass is 281 g/mol. The average Bonchev–Trinajstić information content (AvgIpc) is 2.91. The van der Waals surface area contributed by atoms with Gasteiger partial charge in [0, 0.05) is 0 Å². The highest BCUT2D eigenvalue weighted by Gasteiger charge is 2.20. The molecule has 0 spiro atoms. The number of oxazole rings is 1. The summed E-state index contributed by atoms with van der Waals surface area (Å²) in [4.78, 5) is 12.1. The Morgan fingerprint density at radius 1 is 0.952 bits per heavy atom. The van der Waals surface area contributed by atoms with Crippen molar-refractivity contribution in [1.29, 1.82) is 0 Å². The molecule has 0 fully saturated rings. The van der Waals surface area contributed by atoms with Gasteiger partial charge in [-0.15, -0.1) is 0 Å². The van der Waals surface area contributed by atoms with Gasteiger partial charge in [-0.25, -0.2) is 4.79 Å². The Bertz CT molecular complexity index is 720. The normalized spacial score (nSPS) is 10.8. The standard InChI is InChI=1S/C17H15NO3/c1-20-15-12-18(17(19)21-15)16(13-8-4-2-5-9-13)14-10-6-3-7-11-14/h2-12,16H,1H3. The summed E-state index contributed by atoms with van der Waals surface area (Å²) >= 11 is 0. The van der Waals surface area contributed by atoms with Gasteiger partial charge < -0.3 is 9.15 Å². The van der Waals surface area contributed by atoms with Crippen LogP contribution in [0.1, 0.15) is 17.2 Å². The molecule has 2 aromatic carbocycles. The molecule has 4 heteroatoms. The van der Waals surface area contributed by atoms with E-state index in [2.05, 4.69) is 0 Å². The number of rotatable bonds is 4. The van der Waals surface area contributed by atoms with E-state index in [0.717, 1.165) is 11.1 Å². The predicted molar refractivity (Wildman–Crippen MR) is 79.6 cm³/mol. The van der Waals surface area contributed by atoms with Crippen molar-refractivity contribution in [3.63, 3.8) is 0 Å². The fourth-order valence-corrected chi connectivity index (χ4v) is 2.39. The third kappa shape index (κ3) is 2.60. The van der Waals surface area contributed by atoms with E-state index in [1.165, 1.54) is 7.11 Å². The summed E-state index contributed by atoms with van der Waals surface area (Å²) in [6.07, 6.45) is 1.59. The van der Waals surface area contributed by atoms with Gasteiger partial charge in [0.25, 0.3) is 0 Å². The Kier molecular flexibility index (Phi) is 3.60. The first-order chi connectivity index (χ1) is 10.3. The van der Waals surface area contributed by atoms with E-state index >= 15 is 0 Å². The molecule has 0 aliphatic carbocycles. The first-order valence-corrected chi connectivity index (χ1v) is 6.65. The third-order valence-corrected chi connectivity index (χ3v) is 3.35. The number of ether oxygens (including phenoxy) is 1. The lowest BCUT2D eigenvalue weighted by Gasteiger charge is -2.18. The van der Waals surface area contributed by atoms with Crippen molar-refractivity contribution in [3.05, 3.63) is 88.5 Å². The maximum absolute atomic E-state index is 12.1. The molecule has 0 aliphatic heterocycles. The highest BCUT2D eigenvalue weighted by Crippen LogP contribution is 2.26. The highest BCUT2D eigenvalue weighted by atomic mass is 16.6. The highest BCUT2D eigenvalue weighted by molar-refractivity contribution is 5.32. The van der Waals surface area contributed by atoms with Crippen LogP contribution in [0.2, 0.25) is 0 Å². The van der Waals surface area contributed by atoms with E-state index < -0.39 is 5.76 Å². The largest absolute Gasteiger partial charge is 0.467 e. The SMILES string of the molecule is COc1cn(C(c2ccccc2)c2ccccc2)c(=O)o1. The molecular formula is C17H15NO3. The summed E-state index contributed by atoms with van der Waals surface area (Å²) in [7, 11) is 1.47. The molecule has 1 heterocycles. The molecule has 0 unspecified atom stereocenters. The van der Waals surface area contributed by atoms with Crippen LogP contribution in [0.5, 0.6) is 5.95 Å². The Balaban J connectivity index is 2.17. The van der Waals surface area contributed by atoms with Crippen LogP contribution in [-0.2, 0) is 0 Å². The third-order valence-electron chi connectivity index (χ3n) is 3.35.